The highest BCUT2D eigenvalue weighted by molar-refractivity contribution is 5.97. The van der Waals surface area contributed by atoms with Gasteiger partial charge in [-0.2, -0.15) is 5.10 Å². The van der Waals surface area contributed by atoms with Gasteiger partial charge in [-0.3, -0.25) is 19.7 Å². The molecule has 1 aromatic carbocycles. The van der Waals surface area contributed by atoms with Crippen molar-refractivity contribution in [3.8, 4) is 5.69 Å². The number of primary amides is 1. The monoisotopic (exact) mass is 344 g/mol. The number of aromatic nitrogens is 5. The maximum Gasteiger partial charge on any atom is 0.248 e. The Morgan fingerprint density at radius 3 is 2.73 bits per heavy atom. The number of hydrogen-bond acceptors (Lipinski definition) is 5. The van der Waals surface area contributed by atoms with Gasteiger partial charge < -0.3 is 5.73 Å². The van der Waals surface area contributed by atoms with Crippen LogP contribution in [0.2, 0.25) is 0 Å². The quantitative estimate of drug-likeness (QED) is 0.612. The van der Waals surface area contributed by atoms with Gasteiger partial charge in [-0.15, -0.1) is 0 Å². The molecule has 128 valence electrons. The zero-order valence-corrected chi connectivity index (χ0v) is 14.1. The van der Waals surface area contributed by atoms with E-state index in [4.69, 9.17) is 5.73 Å². The van der Waals surface area contributed by atoms with Gasteiger partial charge >= 0.3 is 0 Å². The molecule has 0 aliphatic heterocycles. The highest BCUT2D eigenvalue weighted by Gasteiger charge is 2.16. The largest absolute Gasteiger partial charge is 0.366 e. The van der Waals surface area contributed by atoms with Crippen molar-refractivity contribution >= 4 is 16.8 Å². The topological polar surface area (TPSA) is 99.6 Å². The normalized spacial score (nSPS) is 11.0. The number of carbonyl (C=O) groups is 1. The standard InChI is InChI=1S/C19H16N6O/c1-12-9-23-14(10-22-12)8-18-16-7-13(19(20)26)4-5-17(16)24-25(18)15-3-2-6-21-11-15/h2-7,9-11H,8H2,1H3,(H2,20,26). The SMILES string of the molecule is Cc1cnc(Cc2c3cc(C(N)=O)ccc3nn2-c2cccnc2)cn1. The van der Waals surface area contributed by atoms with E-state index >= 15 is 0 Å². The number of rotatable bonds is 4. The summed E-state index contributed by atoms with van der Waals surface area (Å²) in [5.41, 5.74) is 10.1. The lowest BCUT2D eigenvalue weighted by Gasteiger charge is -2.07. The van der Waals surface area contributed by atoms with E-state index in [1.165, 1.54) is 0 Å². The van der Waals surface area contributed by atoms with Crippen LogP contribution in [0.15, 0.2) is 55.1 Å². The smallest absolute Gasteiger partial charge is 0.248 e. The minimum atomic E-state index is -0.470. The molecule has 0 radical (unpaired) electrons. The first kappa shape index (κ1) is 15.9. The third-order valence-electron chi connectivity index (χ3n) is 4.13. The van der Waals surface area contributed by atoms with Gasteiger partial charge in [-0.1, -0.05) is 0 Å². The molecule has 0 saturated carbocycles. The molecule has 0 spiro atoms. The van der Waals surface area contributed by atoms with Gasteiger partial charge in [0.2, 0.25) is 5.91 Å². The van der Waals surface area contributed by atoms with Gasteiger partial charge in [-0.05, 0) is 37.3 Å². The molecule has 3 aromatic heterocycles. The molecule has 0 atom stereocenters. The van der Waals surface area contributed by atoms with Crippen molar-refractivity contribution in [2.24, 2.45) is 5.73 Å². The van der Waals surface area contributed by atoms with Crippen molar-refractivity contribution in [3.05, 3.63) is 77.8 Å². The minimum Gasteiger partial charge on any atom is -0.366 e. The molecule has 0 aliphatic carbocycles. The number of benzene rings is 1. The minimum absolute atomic E-state index is 0.444. The number of nitrogens with zero attached hydrogens (tertiary/aromatic N) is 5. The lowest BCUT2D eigenvalue weighted by atomic mass is 10.1. The molecule has 1 amide bonds. The molecule has 0 bridgehead atoms. The van der Waals surface area contributed by atoms with Gasteiger partial charge in [0, 0.05) is 36.0 Å². The molecule has 2 N–H and O–H groups in total. The van der Waals surface area contributed by atoms with Crippen molar-refractivity contribution in [2.45, 2.75) is 13.3 Å². The van der Waals surface area contributed by atoms with Gasteiger partial charge in [-0.25, -0.2) is 4.68 Å². The lowest BCUT2D eigenvalue weighted by Crippen LogP contribution is -2.10. The first-order valence-electron chi connectivity index (χ1n) is 8.11. The van der Waals surface area contributed by atoms with Crippen LogP contribution in [-0.2, 0) is 6.42 Å². The lowest BCUT2D eigenvalue weighted by molar-refractivity contribution is 0.100. The van der Waals surface area contributed by atoms with Crippen molar-refractivity contribution < 1.29 is 4.79 Å². The molecular weight excluding hydrogens is 328 g/mol. The van der Waals surface area contributed by atoms with Crippen LogP contribution in [0.4, 0.5) is 0 Å². The van der Waals surface area contributed by atoms with E-state index in [0.717, 1.165) is 33.7 Å². The number of fused-ring (bicyclic) bond motifs is 1. The predicted octanol–water partition coefficient (Wildman–Crippen LogP) is 2.21. The molecule has 4 aromatic rings. The summed E-state index contributed by atoms with van der Waals surface area (Å²) in [6.07, 6.45) is 7.45. The summed E-state index contributed by atoms with van der Waals surface area (Å²) in [6.45, 7) is 1.89. The Balaban J connectivity index is 1.91. The number of pyridine rings is 1. The maximum absolute atomic E-state index is 11.6. The summed E-state index contributed by atoms with van der Waals surface area (Å²) in [4.78, 5) is 24.5. The van der Waals surface area contributed by atoms with E-state index in [1.54, 1.807) is 43.0 Å². The van der Waals surface area contributed by atoms with Crippen molar-refractivity contribution in [2.75, 3.05) is 0 Å². The van der Waals surface area contributed by atoms with E-state index in [1.807, 2.05) is 23.7 Å². The molecule has 26 heavy (non-hydrogen) atoms. The summed E-state index contributed by atoms with van der Waals surface area (Å²) in [5, 5.41) is 5.53. The van der Waals surface area contributed by atoms with Crippen LogP contribution < -0.4 is 5.73 Å². The number of amides is 1. The van der Waals surface area contributed by atoms with E-state index in [-0.39, 0.29) is 0 Å². The number of hydrogen-bond donors (Lipinski definition) is 1. The van der Waals surface area contributed by atoms with E-state index in [9.17, 15) is 4.79 Å². The van der Waals surface area contributed by atoms with Crippen LogP contribution >= 0.6 is 0 Å². The van der Waals surface area contributed by atoms with Crippen LogP contribution in [0.25, 0.3) is 16.6 Å². The Morgan fingerprint density at radius 1 is 1.15 bits per heavy atom. The third-order valence-corrected chi connectivity index (χ3v) is 4.13. The fraction of sp³-hybridized carbons (Fsp3) is 0.105. The summed E-state index contributed by atoms with van der Waals surface area (Å²) < 4.78 is 1.82. The maximum atomic E-state index is 11.6. The fourth-order valence-corrected chi connectivity index (χ4v) is 2.83. The van der Waals surface area contributed by atoms with Crippen LogP contribution in [0.1, 0.15) is 27.4 Å². The highest BCUT2D eigenvalue weighted by atomic mass is 16.1. The first-order chi connectivity index (χ1) is 12.6. The van der Waals surface area contributed by atoms with Gasteiger partial charge in [0.05, 0.1) is 34.5 Å². The predicted molar refractivity (Wildman–Crippen MR) is 97.0 cm³/mol. The zero-order chi connectivity index (χ0) is 18.1. The van der Waals surface area contributed by atoms with Gasteiger partial charge in [0.25, 0.3) is 0 Å². The zero-order valence-electron chi connectivity index (χ0n) is 14.1. The second-order valence-electron chi connectivity index (χ2n) is 5.99. The molecule has 7 nitrogen and oxygen atoms in total. The second kappa shape index (κ2) is 6.36. The van der Waals surface area contributed by atoms with Crippen molar-refractivity contribution in [3.63, 3.8) is 0 Å². The van der Waals surface area contributed by atoms with Crippen LogP contribution in [-0.4, -0.2) is 30.6 Å². The molecule has 0 unspecified atom stereocenters. The molecule has 0 aliphatic rings. The Hall–Kier alpha value is -3.61. The number of aryl methyl sites for hydroxylation is 1. The van der Waals surface area contributed by atoms with Gasteiger partial charge in [0.15, 0.2) is 0 Å². The summed E-state index contributed by atoms with van der Waals surface area (Å²) in [5.74, 6) is -0.470. The average Bonchev–Trinajstić information content (AvgIpc) is 3.02. The number of carbonyl (C=O) groups excluding carboxylic acids is 1. The van der Waals surface area contributed by atoms with Crippen LogP contribution in [0.3, 0.4) is 0 Å². The van der Waals surface area contributed by atoms with E-state index < -0.39 is 5.91 Å². The first-order valence-corrected chi connectivity index (χ1v) is 8.11. The fourth-order valence-electron chi connectivity index (χ4n) is 2.83. The highest BCUT2D eigenvalue weighted by Crippen LogP contribution is 2.25. The Kier molecular flexibility index (Phi) is 3.89. The third kappa shape index (κ3) is 2.90. The molecular formula is C19H16N6O. The molecule has 7 heteroatoms. The molecule has 0 fully saturated rings. The number of nitrogens with two attached hydrogens (primary N) is 1. The van der Waals surface area contributed by atoms with E-state index in [0.29, 0.717) is 12.0 Å². The Bertz CT molecular complexity index is 1090. The summed E-state index contributed by atoms with van der Waals surface area (Å²) >= 11 is 0. The van der Waals surface area contributed by atoms with E-state index in [2.05, 4.69) is 20.1 Å². The Morgan fingerprint density at radius 2 is 2.04 bits per heavy atom. The van der Waals surface area contributed by atoms with Crippen molar-refractivity contribution in [1.29, 1.82) is 0 Å². The molecule has 0 saturated heterocycles. The van der Waals surface area contributed by atoms with Crippen LogP contribution in [0, 0.1) is 6.92 Å². The van der Waals surface area contributed by atoms with Crippen molar-refractivity contribution in [1.82, 2.24) is 24.7 Å². The van der Waals surface area contributed by atoms with Crippen LogP contribution in [0.5, 0.6) is 0 Å². The average molecular weight is 344 g/mol. The second-order valence-corrected chi connectivity index (χ2v) is 5.99. The molecule has 4 rings (SSSR count). The van der Waals surface area contributed by atoms with Gasteiger partial charge in [0.1, 0.15) is 0 Å². The Labute approximate surface area is 149 Å². The summed E-state index contributed by atoms with van der Waals surface area (Å²) in [7, 11) is 0. The summed E-state index contributed by atoms with van der Waals surface area (Å²) in [6, 6.07) is 9.03. The molecule has 3 heterocycles.